The van der Waals surface area contributed by atoms with Crippen molar-refractivity contribution in [3.05, 3.63) is 77.4 Å². The molecule has 0 aliphatic heterocycles. The standard InChI is InChI=1S/C27H32N2O4/c1-19-21(12-9-13-23(19)20-10-7-6-8-11-20)18-33-22-14-25(31-4)24(26(15-22)32-5)16-28-17-27(30)29(2)3/h6-15,28H,16-18H2,1-5H3. The molecular weight excluding hydrogens is 416 g/mol. The summed E-state index contributed by atoms with van der Waals surface area (Å²) in [6.45, 7) is 3.21. The van der Waals surface area contributed by atoms with Gasteiger partial charge in [0.2, 0.25) is 5.91 Å². The third-order valence-corrected chi connectivity index (χ3v) is 5.58. The van der Waals surface area contributed by atoms with E-state index in [0.717, 1.165) is 11.1 Å². The quantitative estimate of drug-likeness (QED) is 0.497. The largest absolute Gasteiger partial charge is 0.496 e. The van der Waals surface area contributed by atoms with E-state index in [1.165, 1.54) is 16.7 Å². The van der Waals surface area contributed by atoms with Crippen LogP contribution in [0.1, 0.15) is 16.7 Å². The van der Waals surface area contributed by atoms with Gasteiger partial charge in [-0.1, -0.05) is 48.5 Å². The molecule has 6 heteroatoms. The lowest BCUT2D eigenvalue weighted by atomic mass is 9.97. The van der Waals surface area contributed by atoms with Crippen molar-refractivity contribution in [2.75, 3.05) is 34.9 Å². The van der Waals surface area contributed by atoms with Gasteiger partial charge in [-0.2, -0.15) is 0 Å². The number of likely N-dealkylation sites (N-methyl/N-ethyl adjacent to an activating group) is 1. The molecule has 1 N–H and O–H groups in total. The van der Waals surface area contributed by atoms with Gasteiger partial charge in [-0.3, -0.25) is 4.79 Å². The first-order chi connectivity index (χ1) is 15.9. The number of nitrogens with one attached hydrogen (secondary N) is 1. The molecule has 0 bridgehead atoms. The van der Waals surface area contributed by atoms with Gasteiger partial charge < -0.3 is 24.4 Å². The minimum absolute atomic E-state index is 0.000917. The summed E-state index contributed by atoms with van der Waals surface area (Å²) in [6, 6.07) is 20.3. The van der Waals surface area contributed by atoms with Crippen LogP contribution >= 0.6 is 0 Å². The molecule has 0 aliphatic rings. The van der Waals surface area contributed by atoms with Crippen molar-refractivity contribution in [3.8, 4) is 28.4 Å². The van der Waals surface area contributed by atoms with E-state index in [-0.39, 0.29) is 12.5 Å². The first-order valence-corrected chi connectivity index (χ1v) is 10.9. The van der Waals surface area contributed by atoms with Crippen LogP contribution in [0.5, 0.6) is 17.2 Å². The predicted molar refractivity (Wildman–Crippen MR) is 131 cm³/mol. The van der Waals surface area contributed by atoms with Gasteiger partial charge in [0.25, 0.3) is 0 Å². The molecule has 3 aromatic carbocycles. The predicted octanol–water partition coefficient (Wildman–Crippen LogP) is 4.44. The van der Waals surface area contributed by atoms with Crippen molar-refractivity contribution in [2.24, 2.45) is 0 Å². The smallest absolute Gasteiger partial charge is 0.236 e. The zero-order chi connectivity index (χ0) is 23.8. The van der Waals surface area contributed by atoms with Crippen molar-refractivity contribution in [1.29, 1.82) is 0 Å². The van der Waals surface area contributed by atoms with Gasteiger partial charge in [-0.25, -0.2) is 0 Å². The molecule has 0 heterocycles. The molecule has 1 amide bonds. The minimum atomic E-state index is 0.000917. The summed E-state index contributed by atoms with van der Waals surface area (Å²) in [5.41, 5.74) is 5.52. The Bertz CT molecular complexity index is 1060. The maximum absolute atomic E-state index is 11.8. The average molecular weight is 449 g/mol. The summed E-state index contributed by atoms with van der Waals surface area (Å²) in [7, 11) is 6.68. The first-order valence-electron chi connectivity index (χ1n) is 10.9. The Kier molecular flexibility index (Phi) is 8.33. The Labute approximate surface area is 196 Å². The van der Waals surface area contributed by atoms with Crippen LogP contribution < -0.4 is 19.5 Å². The molecular formula is C27H32N2O4. The maximum atomic E-state index is 11.8. The van der Waals surface area contributed by atoms with Crippen molar-refractivity contribution in [1.82, 2.24) is 10.2 Å². The summed E-state index contributed by atoms with van der Waals surface area (Å²) < 4.78 is 17.3. The topological polar surface area (TPSA) is 60.0 Å². The molecule has 174 valence electrons. The summed E-state index contributed by atoms with van der Waals surface area (Å²) in [6.07, 6.45) is 0. The number of methoxy groups -OCH3 is 2. The van der Waals surface area contributed by atoms with Gasteiger partial charge in [0.05, 0.1) is 26.3 Å². The molecule has 0 radical (unpaired) electrons. The fraction of sp³-hybridized carbons (Fsp3) is 0.296. The third-order valence-electron chi connectivity index (χ3n) is 5.58. The van der Waals surface area contributed by atoms with E-state index in [0.29, 0.717) is 30.4 Å². The fourth-order valence-electron chi connectivity index (χ4n) is 3.60. The van der Waals surface area contributed by atoms with Gasteiger partial charge >= 0.3 is 0 Å². The highest BCUT2D eigenvalue weighted by molar-refractivity contribution is 5.77. The van der Waals surface area contributed by atoms with Crippen LogP contribution in [0.15, 0.2) is 60.7 Å². The lowest BCUT2D eigenvalue weighted by Crippen LogP contribution is -2.32. The van der Waals surface area contributed by atoms with Gasteiger partial charge in [0.1, 0.15) is 23.9 Å². The first kappa shape index (κ1) is 24.1. The molecule has 0 spiro atoms. The molecule has 0 aliphatic carbocycles. The highest BCUT2D eigenvalue weighted by Crippen LogP contribution is 2.35. The molecule has 3 aromatic rings. The number of rotatable bonds is 10. The summed E-state index contributed by atoms with van der Waals surface area (Å²) >= 11 is 0. The van der Waals surface area contributed by atoms with Crippen molar-refractivity contribution < 1.29 is 19.0 Å². The van der Waals surface area contributed by atoms with Crippen LogP contribution in [0.3, 0.4) is 0 Å². The summed E-state index contributed by atoms with van der Waals surface area (Å²) in [5.74, 6) is 1.94. The highest BCUT2D eigenvalue weighted by atomic mass is 16.5. The molecule has 0 aromatic heterocycles. The van der Waals surface area contributed by atoms with E-state index in [4.69, 9.17) is 14.2 Å². The zero-order valence-corrected chi connectivity index (χ0v) is 20.0. The van der Waals surface area contributed by atoms with Gasteiger partial charge in [-0.15, -0.1) is 0 Å². The van der Waals surface area contributed by atoms with Crippen molar-refractivity contribution >= 4 is 5.91 Å². The molecule has 0 unspecified atom stereocenters. The normalized spacial score (nSPS) is 10.6. The Morgan fingerprint density at radius 3 is 2.21 bits per heavy atom. The lowest BCUT2D eigenvalue weighted by Gasteiger charge is -2.18. The number of carbonyl (C=O) groups is 1. The molecule has 6 nitrogen and oxygen atoms in total. The Morgan fingerprint density at radius 2 is 1.61 bits per heavy atom. The number of nitrogens with zero attached hydrogens (tertiary/aromatic N) is 1. The number of ether oxygens (including phenoxy) is 3. The molecule has 0 fully saturated rings. The average Bonchev–Trinajstić information content (AvgIpc) is 2.83. The minimum Gasteiger partial charge on any atom is -0.496 e. The third kappa shape index (κ3) is 6.05. The molecule has 0 atom stereocenters. The fourth-order valence-corrected chi connectivity index (χ4v) is 3.60. The number of amides is 1. The van der Waals surface area contributed by atoms with E-state index in [1.807, 2.05) is 30.3 Å². The number of carbonyl (C=O) groups excluding carboxylic acids is 1. The highest BCUT2D eigenvalue weighted by Gasteiger charge is 2.15. The maximum Gasteiger partial charge on any atom is 0.236 e. The molecule has 0 saturated heterocycles. The second kappa shape index (κ2) is 11.4. The van der Waals surface area contributed by atoms with Crippen molar-refractivity contribution in [3.63, 3.8) is 0 Å². The number of benzene rings is 3. The number of hydrogen-bond acceptors (Lipinski definition) is 5. The van der Waals surface area contributed by atoms with Crippen LogP contribution in [-0.2, 0) is 17.9 Å². The SMILES string of the molecule is COc1cc(OCc2cccc(-c3ccccc3)c2C)cc(OC)c1CNCC(=O)N(C)C. The monoisotopic (exact) mass is 448 g/mol. The van der Waals surface area contributed by atoms with Gasteiger partial charge in [0, 0.05) is 32.8 Å². The lowest BCUT2D eigenvalue weighted by molar-refractivity contribution is -0.127. The molecule has 3 rings (SSSR count). The van der Waals surface area contributed by atoms with E-state index in [1.54, 1.807) is 33.2 Å². The van der Waals surface area contributed by atoms with E-state index >= 15 is 0 Å². The Hall–Kier alpha value is -3.51. The summed E-state index contributed by atoms with van der Waals surface area (Å²) in [5, 5.41) is 3.15. The van der Waals surface area contributed by atoms with E-state index < -0.39 is 0 Å². The summed E-state index contributed by atoms with van der Waals surface area (Å²) in [4.78, 5) is 13.4. The Balaban J connectivity index is 1.76. The zero-order valence-electron chi connectivity index (χ0n) is 20.0. The van der Waals surface area contributed by atoms with Crippen LogP contribution in [0.4, 0.5) is 0 Å². The van der Waals surface area contributed by atoms with Crippen LogP contribution in [0, 0.1) is 6.92 Å². The molecule has 0 saturated carbocycles. The Morgan fingerprint density at radius 1 is 0.939 bits per heavy atom. The van der Waals surface area contributed by atoms with Gasteiger partial charge in [-0.05, 0) is 29.2 Å². The van der Waals surface area contributed by atoms with E-state index in [9.17, 15) is 4.79 Å². The van der Waals surface area contributed by atoms with Gasteiger partial charge in [0.15, 0.2) is 0 Å². The second-order valence-corrected chi connectivity index (χ2v) is 7.94. The molecule has 33 heavy (non-hydrogen) atoms. The van der Waals surface area contributed by atoms with Crippen LogP contribution in [-0.4, -0.2) is 45.7 Å². The van der Waals surface area contributed by atoms with Crippen molar-refractivity contribution in [2.45, 2.75) is 20.1 Å². The second-order valence-electron chi connectivity index (χ2n) is 7.94. The van der Waals surface area contributed by atoms with Crippen LogP contribution in [0.25, 0.3) is 11.1 Å². The van der Waals surface area contributed by atoms with E-state index in [2.05, 4.69) is 42.6 Å². The van der Waals surface area contributed by atoms with Crippen LogP contribution in [0.2, 0.25) is 0 Å². The number of hydrogen-bond donors (Lipinski definition) is 1.